The van der Waals surface area contributed by atoms with Gasteiger partial charge in [0.05, 0.1) is 10.6 Å². The zero-order valence-electron chi connectivity index (χ0n) is 11.9. The Hall–Kier alpha value is -1.56. The number of hydrogen-bond acceptors (Lipinski definition) is 3. The minimum absolute atomic E-state index is 0.146. The van der Waals surface area contributed by atoms with Crippen molar-refractivity contribution in [1.29, 1.82) is 0 Å². The second-order valence-electron chi connectivity index (χ2n) is 4.77. The van der Waals surface area contributed by atoms with Crippen LogP contribution >= 0.6 is 11.6 Å². The molecule has 0 unspecified atom stereocenters. The second-order valence-corrected chi connectivity index (χ2v) is 7.14. The average Bonchev–Trinajstić information content (AvgIpc) is 2.47. The first-order valence-corrected chi connectivity index (χ1v) is 8.22. The summed E-state index contributed by atoms with van der Waals surface area (Å²) in [7, 11) is -2.13. The van der Waals surface area contributed by atoms with Gasteiger partial charge in [-0.05, 0) is 36.8 Å². The van der Waals surface area contributed by atoms with Crippen LogP contribution in [0.1, 0.15) is 11.1 Å². The van der Waals surface area contributed by atoms with Crippen molar-refractivity contribution in [2.45, 2.75) is 18.4 Å². The summed E-state index contributed by atoms with van der Waals surface area (Å²) in [6.45, 7) is 2.22. The zero-order chi connectivity index (χ0) is 15.6. The van der Waals surface area contributed by atoms with Crippen molar-refractivity contribution in [1.82, 2.24) is 0 Å². The Morgan fingerprint density at radius 3 is 2.29 bits per heavy atom. The number of anilines is 1. The Morgan fingerprint density at radius 1 is 1.14 bits per heavy atom. The Morgan fingerprint density at radius 2 is 1.76 bits per heavy atom. The van der Waals surface area contributed by atoms with Crippen LogP contribution in [0.3, 0.4) is 0 Å². The van der Waals surface area contributed by atoms with Crippen LogP contribution in [0, 0.1) is 6.92 Å². The molecule has 0 aliphatic carbocycles. The van der Waals surface area contributed by atoms with Crippen LogP contribution in [0.25, 0.3) is 0 Å². The molecule has 21 heavy (non-hydrogen) atoms. The molecule has 0 aromatic heterocycles. The average molecular weight is 325 g/mol. The van der Waals surface area contributed by atoms with Crippen LogP contribution < -0.4 is 10.0 Å². The molecule has 0 spiro atoms. The smallest absolute Gasteiger partial charge is 0.264 e. The first kappa shape index (κ1) is 15.8. The van der Waals surface area contributed by atoms with Gasteiger partial charge in [-0.3, -0.25) is 4.31 Å². The number of halogens is 1. The highest BCUT2D eigenvalue weighted by Crippen LogP contribution is 2.26. The molecule has 0 heterocycles. The highest BCUT2D eigenvalue weighted by molar-refractivity contribution is 7.92. The van der Waals surface area contributed by atoms with Crippen LogP contribution in [-0.2, 0) is 16.6 Å². The summed E-state index contributed by atoms with van der Waals surface area (Å²) < 4.78 is 26.4. The Bertz CT molecular complexity index is 743. The number of benzene rings is 2. The number of nitrogens with two attached hydrogens (primary N) is 1. The molecular formula is C15H17ClN2O2S. The lowest BCUT2D eigenvalue weighted by Crippen LogP contribution is -2.26. The van der Waals surface area contributed by atoms with Gasteiger partial charge >= 0.3 is 0 Å². The van der Waals surface area contributed by atoms with E-state index in [2.05, 4.69) is 0 Å². The van der Waals surface area contributed by atoms with E-state index in [1.807, 2.05) is 19.1 Å². The summed E-state index contributed by atoms with van der Waals surface area (Å²) in [5, 5.41) is 0.357. The Balaban J connectivity index is 2.41. The van der Waals surface area contributed by atoms with Gasteiger partial charge < -0.3 is 5.73 Å². The van der Waals surface area contributed by atoms with Crippen molar-refractivity contribution >= 4 is 27.3 Å². The van der Waals surface area contributed by atoms with Crippen molar-refractivity contribution in [2.75, 3.05) is 11.4 Å². The summed E-state index contributed by atoms with van der Waals surface area (Å²) in [4.78, 5) is 0.146. The summed E-state index contributed by atoms with van der Waals surface area (Å²) in [5.74, 6) is 0. The minimum atomic E-state index is -3.64. The van der Waals surface area contributed by atoms with Gasteiger partial charge in [0.15, 0.2) is 0 Å². The maximum absolute atomic E-state index is 12.6. The fourth-order valence-corrected chi connectivity index (χ4v) is 3.45. The highest BCUT2D eigenvalue weighted by atomic mass is 35.5. The SMILES string of the molecule is Cc1ccc(N(C)S(=O)(=O)c2ccc(CN)c(Cl)c2)cc1. The molecule has 0 aliphatic heterocycles. The normalized spacial score (nSPS) is 11.4. The lowest BCUT2D eigenvalue weighted by molar-refractivity contribution is 0.594. The number of sulfonamides is 1. The quantitative estimate of drug-likeness (QED) is 0.940. The third-order valence-corrected chi connectivity index (χ3v) is 5.43. The molecule has 0 bridgehead atoms. The van der Waals surface area contributed by atoms with E-state index < -0.39 is 10.0 Å². The summed E-state index contributed by atoms with van der Waals surface area (Å²) in [6.07, 6.45) is 0. The minimum Gasteiger partial charge on any atom is -0.326 e. The van der Waals surface area contributed by atoms with Crippen LogP contribution in [-0.4, -0.2) is 15.5 Å². The maximum Gasteiger partial charge on any atom is 0.264 e. The van der Waals surface area contributed by atoms with Crippen molar-refractivity contribution in [2.24, 2.45) is 5.73 Å². The van der Waals surface area contributed by atoms with E-state index >= 15 is 0 Å². The molecule has 2 aromatic rings. The van der Waals surface area contributed by atoms with E-state index in [4.69, 9.17) is 17.3 Å². The topological polar surface area (TPSA) is 63.4 Å². The molecule has 0 radical (unpaired) electrons. The molecule has 6 heteroatoms. The highest BCUT2D eigenvalue weighted by Gasteiger charge is 2.22. The molecule has 4 nitrogen and oxygen atoms in total. The summed E-state index contributed by atoms with van der Waals surface area (Å²) >= 11 is 6.04. The largest absolute Gasteiger partial charge is 0.326 e. The lowest BCUT2D eigenvalue weighted by Gasteiger charge is -2.20. The number of hydrogen-bond donors (Lipinski definition) is 1. The fourth-order valence-electron chi connectivity index (χ4n) is 1.91. The Labute approximate surface area is 130 Å². The van der Waals surface area contributed by atoms with E-state index in [0.29, 0.717) is 16.3 Å². The van der Waals surface area contributed by atoms with Gasteiger partial charge in [-0.1, -0.05) is 35.4 Å². The summed E-state index contributed by atoms with van der Waals surface area (Å²) in [5.41, 5.74) is 7.91. The van der Waals surface area contributed by atoms with Gasteiger partial charge in [0.25, 0.3) is 10.0 Å². The molecule has 0 amide bonds. The molecule has 2 rings (SSSR count). The molecule has 112 valence electrons. The fraction of sp³-hybridized carbons (Fsp3) is 0.200. The summed E-state index contributed by atoms with van der Waals surface area (Å²) in [6, 6.07) is 11.9. The predicted molar refractivity (Wildman–Crippen MR) is 86.1 cm³/mol. The van der Waals surface area contributed by atoms with Gasteiger partial charge in [-0.25, -0.2) is 8.42 Å². The van der Waals surface area contributed by atoms with Crippen LogP contribution in [0.4, 0.5) is 5.69 Å². The number of aryl methyl sites for hydroxylation is 1. The molecule has 0 saturated heterocycles. The molecule has 0 fully saturated rings. The molecule has 2 N–H and O–H groups in total. The molecule has 0 aliphatic rings. The predicted octanol–water partition coefficient (Wildman–Crippen LogP) is 2.93. The van der Waals surface area contributed by atoms with Gasteiger partial charge in [0.1, 0.15) is 0 Å². The first-order chi connectivity index (χ1) is 9.86. The molecule has 0 saturated carbocycles. The van der Waals surface area contributed by atoms with Gasteiger partial charge in [-0.15, -0.1) is 0 Å². The van der Waals surface area contributed by atoms with Crippen LogP contribution in [0.2, 0.25) is 5.02 Å². The van der Waals surface area contributed by atoms with E-state index in [9.17, 15) is 8.42 Å². The monoisotopic (exact) mass is 324 g/mol. The lowest BCUT2D eigenvalue weighted by atomic mass is 10.2. The standard InChI is InChI=1S/C15H17ClN2O2S/c1-11-3-6-13(7-4-11)18(2)21(19,20)14-8-5-12(10-17)15(16)9-14/h3-9H,10,17H2,1-2H3. The number of rotatable bonds is 4. The third-order valence-electron chi connectivity index (χ3n) is 3.30. The van der Waals surface area contributed by atoms with Crippen LogP contribution in [0.5, 0.6) is 0 Å². The van der Waals surface area contributed by atoms with Gasteiger partial charge in [-0.2, -0.15) is 0 Å². The van der Waals surface area contributed by atoms with Gasteiger partial charge in [0.2, 0.25) is 0 Å². The molecular weight excluding hydrogens is 308 g/mol. The maximum atomic E-state index is 12.6. The van der Waals surface area contributed by atoms with Crippen molar-refractivity contribution in [3.05, 3.63) is 58.6 Å². The van der Waals surface area contributed by atoms with E-state index in [0.717, 1.165) is 5.56 Å². The van der Waals surface area contributed by atoms with E-state index in [1.165, 1.54) is 23.5 Å². The Kier molecular flexibility index (Phi) is 4.56. The number of nitrogens with zero attached hydrogens (tertiary/aromatic N) is 1. The second kappa shape index (κ2) is 6.05. The molecule has 0 atom stereocenters. The van der Waals surface area contributed by atoms with Crippen molar-refractivity contribution in [3.8, 4) is 0 Å². The van der Waals surface area contributed by atoms with Gasteiger partial charge in [0, 0.05) is 18.6 Å². The van der Waals surface area contributed by atoms with Crippen molar-refractivity contribution < 1.29 is 8.42 Å². The molecule has 2 aromatic carbocycles. The van der Waals surface area contributed by atoms with E-state index in [-0.39, 0.29) is 11.4 Å². The third kappa shape index (κ3) is 3.20. The first-order valence-electron chi connectivity index (χ1n) is 6.40. The van der Waals surface area contributed by atoms with Crippen molar-refractivity contribution in [3.63, 3.8) is 0 Å². The zero-order valence-corrected chi connectivity index (χ0v) is 13.4. The van der Waals surface area contributed by atoms with E-state index in [1.54, 1.807) is 18.2 Å². The van der Waals surface area contributed by atoms with Crippen LogP contribution in [0.15, 0.2) is 47.4 Å².